The molecule has 0 radical (unpaired) electrons. The fourth-order valence-corrected chi connectivity index (χ4v) is 4.47. The quantitative estimate of drug-likeness (QED) is 0.316. The summed E-state index contributed by atoms with van der Waals surface area (Å²) in [6.45, 7) is 2.48. The molecule has 188 valence electrons. The molecule has 0 bridgehead atoms. The lowest BCUT2D eigenvalue weighted by Gasteiger charge is -2.32. The van der Waals surface area contributed by atoms with Gasteiger partial charge in [0.1, 0.15) is 0 Å². The number of pyridine rings is 1. The number of rotatable bonds is 6. The topological polar surface area (TPSA) is 57.3 Å². The van der Waals surface area contributed by atoms with Crippen LogP contribution < -0.4 is 15.5 Å². The zero-order valence-electron chi connectivity index (χ0n) is 19.9. The van der Waals surface area contributed by atoms with E-state index in [4.69, 9.17) is 0 Å². The van der Waals surface area contributed by atoms with Crippen molar-refractivity contribution < 1.29 is 18.0 Å². The number of carbonyl (C=O) groups excluding carboxylic acids is 1. The molecule has 0 spiro atoms. The lowest BCUT2D eigenvalue weighted by Crippen LogP contribution is -2.35. The van der Waals surface area contributed by atoms with Crippen LogP contribution in [0.5, 0.6) is 0 Å². The molecule has 0 aliphatic carbocycles. The Bertz CT molecular complexity index is 1390. The highest BCUT2D eigenvalue weighted by atomic mass is 19.4. The predicted octanol–water partition coefficient (Wildman–Crippen LogP) is 6.49. The van der Waals surface area contributed by atoms with Crippen LogP contribution in [-0.4, -0.2) is 30.5 Å². The third kappa shape index (κ3) is 5.58. The van der Waals surface area contributed by atoms with Crippen molar-refractivity contribution in [3.63, 3.8) is 0 Å². The molecule has 0 saturated carbocycles. The maximum atomic E-state index is 13.2. The summed E-state index contributed by atoms with van der Waals surface area (Å²) in [6, 6.07) is 23.4. The zero-order chi connectivity index (χ0) is 25.8. The molecule has 0 unspecified atom stereocenters. The van der Waals surface area contributed by atoms with Crippen LogP contribution in [0.1, 0.15) is 21.6 Å². The summed E-state index contributed by atoms with van der Waals surface area (Å²) >= 11 is 0. The highest BCUT2D eigenvalue weighted by Gasteiger charge is 2.30. The Labute approximate surface area is 213 Å². The van der Waals surface area contributed by atoms with Gasteiger partial charge in [0.05, 0.1) is 16.9 Å². The first-order chi connectivity index (χ1) is 17.9. The number of hydrogen-bond donors (Lipinski definition) is 2. The number of benzene rings is 3. The summed E-state index contributed by atoms with van der Waals surface area (Å²) in [5.41, 5.74) is 4.41. The molecule has 2 heterocycles. The van der Waals surface area contributed by atoms with Crippen molar-refractivity contribution >= 4 is 23.0 Å². The molecule has 0 saturated heterocycles. The normalized spacial score (nSPS) is 13.0. The van der Waals surface area contributed by atoms with E-state index in [9.17, 15) is 18.0 Å². The van der Waals surface area contributed by atoms with Crippen LogP contribution in [0.25, 0.3) is 11.1 Å². The van der Waals surface area contributed by atoms with Gasteiger partial charge in [0.2, 0.25) is 0 Å². The summed E-state index contributed by atoms with van der Waals surface area (Å²) in [6.07, 6.45) is -1.78. The van der Waals surface area contributed by atoms with Crippen molar-refractivity contribution in [1.29, 1.82) is 0 Å². The second-order valence-corrected chi connectivity index (χ2v) is 8.79. The predicted molar refractivity (Wildman–Crippen MR) is 140 cm³/mol. The molecule has 4 aromatic rings. The van der Waals surface area contributed by atoms with Gasteiger partial charge >= 0.3 is 6.18 Å². The minimum Gasteiger partial charge on any atom is -0.382 e. The smallest absolute Gasteiger partial charge is 0.382 e. The van der Waals surface area contributed by atoms with E-state index in [1.807, 2.05) is 36.4 Å². The Kier molecular flexibility index (Phi) is 6.81. The van der Waals surface area contributed by atoms with E-state index in [0.717, 1.165) is 55.3 Å². The molecule has 1 aliphatic rings. The van der Waals surface area contributed by atoms with Crippen molar-refractivity contribution in [1.82, 2.24) is 4.98 Å². The first-order valence-electron chi connectivity index (χ1n) is 12.0. The number of fused-ring (bicyclic) bond motifs is 1. The number of aromatic nitrogens is 1. The first-order valence-corrected chi connectivity index (χ1v) is 12.0. The second-order valence-electron chi connectivity index (χ2n) is 8.79. The zero-order valence-corrected chi connectivity index (χ0v) is 19.9. The van der Waals surface area contributed by atoms with E-state index in [-0.39, 0.29) is 5.91 Å². The van der Waals surface area contributed by atoms with Crippen molar-refractivity contribution in [2.24, 2.45) is 0 Å². The Morgan fingerprint density at radius 2 is 1.76 bits per heavy atom. The van der Waals surface area contributed by atoms with Gasteiger partial charge < -0.3 is 15.5 Å². The molecule has 3 aromatic carbocycles. The van der Waals surface area contributed by atoms with Crippen LogP contribution >= 0.6 is 0 Å². The number of nitrogens with one attached hydrogen (secondary N) is 2. The number of halogens is 3. The van der Waals surface area contributed by atoms with E-state index < -0.39 is 11.7 Å². The molecule has 5 rings (SSSR count). The fourth-order valence-electron chi connectivity index (χ4n) is 4.47. The molecule has 1 aromatic heterocycles. The van der Waals surface area contributed by atoms with E-state index in [1.54, 1.807) is 30.5 Å². The Balaban J connectivity index is 1.32. The maximum absolute atomic E-state index is 13.2. The fraction of sp³-hybridized carbons (Fsp3) is 0.172. The largest absolute Gasteiger partial charge is 0.416 e. The van der Waals surface area contributed by atoms with Crippen LogP contribution in [0.4, 0.5) is 30.2 Å². The van der Waals surface area contributed by atoms with Crippen LogP contribution in [0.15, 0.2) is 91.1 Å². The van der Waals surface area contributed by atoms with Gasteiger partial charge in [-0.25, -0.2) is 0 Å². The number of amides is 1. The van der Waals surface area contributed by atoms with Crippen LogP contribution in [0.2, 0.25) is 0 Å². The first kappa shape index (κ1) is 24.4. The Hall–Kier alpha value is -4.33. The van der Waals surface area contributed by atoms with Crippen LogP contribution in [0, 0.1) is 0 Å². The number of alkyl halides is 3. The number of carbonyl (C=O) groups is 1. The van der Waals surface area contributed by atoms with E-state index in [0.29, 0.717) is 22.4 Å². The van der Waals surface area contributed by atoms with Gasteiger partial charge in [0.25, 0.3) is 5.91 Å². The van der Waals surface area contributed by atoms with Gasteiger partial charge in [-0.1, -0.05) is 36.4 Å². The molecule has 0 fully saturated rings. The Morgan fingerprint density at radius 1 is 0.973 bits per heavy atom. The Morgan fingerprint density at radius 3 is 2.51 bits per heavy atom. The number of nitrogens with zero attached hydrogens (tertiary/aromatic N) is 2. The summed E-state index contributed by atoms with van der Waals surface area (Å²) < 4.78 is 38.9. The van der Waals surface area contributed by atoms with Gasteiger partial charge in [-0.3, -0.25) is 9.78 Å². The lowest BCUT2D eigenvalue weighted by atomic mass is 9.98. The van der Waals surface area contributed by atoms with Gasteiger partial charge in [0, 0.05) is 49.2 Å². The second kappa shape index (κ2) is 10.3. The minimum atomic E-state index is -4.41. The average molecular weight is 503 g/mol. The number of hydrogen-bond acceptors (Lipinski definition) is 4. The molecule has 1 aliphatic heterocycles. The van der Waals surface area contributed by atoms with Crippen molar-refractivity contribution in [3.05, 3.63) is 108 Å². The van der Waals surface area contributed by atoms with E-state index >= 15 is 0 Å². The molecule has 8 heteroatoms. The van der Waals surface area contributed by atoms with E-state index in [2.05, 4.69) is 20.5 Å². The highest BCUT2D eigenvalue weighted by molar-refractivity contribution is 6.09. The summed E-state index contributed by atoms with van der Waals surface area (Å²) in [5, 5.41) is 6.34. The van der Waals surface area contributed by atoms with Gasteiger partial charge in [0.15, 0.2) is 0 Å². The molecular weight excluding hydrogens is 477 g/mol. The molecule has 0 atom stereocenters. The third-order valence-corrected chi connectivity index (χ3v) is 6.35. The molecule has 1 amide bonds. The van der Waals surface area contributed by atoms with Gasteiger partial charge in [-0.05, 0) is 59.7 Å². The molecule has 2 N–H and O–H groups in total. The highest BCUT2D eigenvalue weighted by Crippen LogP contribution is 2.34. The summed E-state index contributed by atoms with van der Waals surface area (Å²) in [7, 11) is 0. The van der Waals surface area contributed by atoms with Gasteiger partial charge in [-0.15, -0.1) is 0 Å². The van der Waals surface area contributed by atoms with E-state index in [1.165, 1.54) is 12.1 Å². The van der Waals surface area contributed by atoms with Crippen LogP contribution in [0.3, 0.4) is 0 Å². The minimum absolute atomic E-state index is 0.335. The average Bonchev–Trinajstić information content (AvgIpc) is 2.92. The maximum Gasteiger partial charge on any atom is 0.416 e. The van der Waals surface area contributed by atoms with Crippen molar-refractivity contribution in [2.45, 2.75) is 12.6 Å². The summed E-state index contributed by atoms with van der Waals surface area (Å²) in [5.74, 6) is -0.335. The monoisotopic (exact) mass is 502 g/mol. The SMILES string of the molecule is O=C(Nc1ccc2c(c1)NCCN2CCc1ccccn1)c1ccccc1-c1ccc(C(F)(F)F)cc1. The van der Waals surface area contributed by atoms with Crippen molar-refractivity contribution in [3.8, 4) is 11.1 Å². The molecular formula is C29H25F3N4O. The van der Waals surface area contributed by atoms with Crippen LogP contribution in [-0.2, 0) is 12.6 Å². The van der Waals surface area contributed by atoms with Gasteiger partial charge in [-0.2, -0.15) is 13.2 Å². The molecule has 37 heavy (non-hydrogen) atoms. The van der Waals surface area contributed by atoms with Crippen molar-refractivity contribution in [2.75, 3.05) is 35.2 Å². The summed E-state index contributed by atoms with van der Waals surface area (Å²) in [4.78, 5) is 19.9. The third-order valence-electron chi connectivity index (χ3n) is 6.35. The lowest BCUT2D eigenvalue weighted by molar-refractivity contribution is -0.137. The number of anilines is 3. The standard InChI is InChI=1S/C29H25F3N4O/c30-29(31,32)21-10-8-20(9-11-21)24-6-1-2-7-25(24)28(37)35-23-12-13-27-26(19-23)34-16-18-36(27)17-14-22-5-3-4-15-33-22/h1-13,15,19,34H,14,16-18H2,(H,35,37). The molecule has 5 nitrogen and oxygen atoms in total.